The minimum Gasteiger partial charge on any atom is -1.00 e. The largest absolute Gasteiger partial charge is 1.00 e. The van der Waals surface area contributed by atoms with Crippen molar-refractivity contribution in [1.29, 1.82) is 0 Å². The van der Waals surface area contributed by atoms with Crippen LogP contribution in [0.25, 0.3) is 0 Å². The van der Waals surface area contributed by atoms with Crippen LogP contribution in [0.1, 0.15) is 1.43 Å². The third-order valence-corrected chi connectivity index (χ3v) is 0.232. The van der Waals surface area contributed by atoms with Crippen molar-refractivity contribution in [3.63, 3.8) is 0 Å². The zero-order chi connectivity index (χ0) is 3.91. The molecule has 32 valence electrons. The van der Waals surface area contributed by atoms with Crippen LogP contribution in [0.2, 0.25) is 0 Å². The molecule has 1 aliphatic heterocycles. The van der Waals surface area contributed by atoms with E-state index < -0.39 is 6.16 Å². The first kappa shape index (κ1) is 6.44. The molecule has 1 saturated heterocycles. The van der Waals surface area contributed by atoms with Gasteiger partial charge in [-0.05, 0) is 0 Å². The Morgan fingerprint density at radius 1 is 1.33 bits per heavy atom. The SMILES string of the molecule is OC1(O)OO1.[H-].[Li+]. The third kappa shape index (κ3) is 1.77. The van der Waals surface area contributed by atoms with E-state index in [-0.39, 0.29) is 20.3 Å². The van der Waals surface area contributed by atoms with Crippen LogP contribution in [0, 0.1) is 0 Å². The van der Waals surface area contributed by atoms with Crippen molar-refractivity contribution in [3.8, 4) is 0 Å². The summed E-state index contributed by atoms with van der Waals surface area (Å²) < 4.78 is 0. The molecule has 6 heavy (non-hydrogen) atoms. The summed E-state index contributed by atoms with van der Waals surface area (Å²) in [5.74, 6) is 0. The van der Waals surface area contributed by atoms with Crippen LogP contribution in [0.4, 0.5) is 0 Å². The first-order valence-corrected chi connectivity index (χ1v) is 1.02. The molecule has 1 aliphatic rings. The maximum atomic E-state index is 7.74. The summed E-state index contributed by atoms with van der Waals surface area (Å²) in [6, 6.07) is 0. The van der Waals surface area contributed by atoms with E-state index in [0.29, 0.717) is 0 Å². The molecule has 0 radical (unpaired) electrons. The number of hydrogen-bond donors (Lipinski definition) is 2. The van der Waals surface area contributed by atoms with Crippen molar-refractivity contribution in [1.82, 2.24) is 0 Å². The van der Waals surface area contributed by atoms with E-state index in [1.54, 1.807) is 0 Å². The monoisotopic (exact) mass is 86.0 g/mol. The number of rotatable bonds is 0. The maximum Gasteiger partial charge on any atom is 1.00 e. The quantitative estimate of drug-likeness (QED) is 0.135. The van der Waals surface area contributed by atoms with Crippen LogP contribution in [0.3, 0.4) is 0 Å². The van der Waals surface area contributed by atoms with Gasteiger partial charge in [-0.1, -0.05) is 0 Å². The molecule has 1 fully saturated rings. The zero-order valence-corrected chi connectivity index (χ0v) is 3.21. The Morgan fingerprint density at radius 2 is 1.50 bits per heavy atom. The summed E-state index contributed by atoms with van der Waals surface area (Å²) in [5, 5.41) is 15.5. The average Bonchev–Trinajstić information content (AvgIpc) is 1.76. The van der Waals surface area contributed by atoms with Crippen LogP contribution < -0.4 is 18.9 Å². The molecule has 0 amide bonds. The van der Waals surface area contributed by atoms with E-state index in [1.807, 2.05) is 0 Å². The molecule has 0 aromatic rings. The number of aliphatic hydroxyl groups is 2. The van der Waals surface area contributed by atoms with Gasteiger partial charge in [0, 0.05) is 0 Å². The first-order valence-electron chi connectivity index (χ1n) is 1.02. The molecule has 0 aromatic carbocycles. The Kier molecular flexibility index (Phi) is 1.61. The fourth-order valence-electron chi connectivity index (χ4n) is 0.0373. The van der Waals surface area contributed by atoms with Crippen LogP contribution in [-0.2, 0) is 9.78 Å². The third-order valence-electron chi connectivity index (χ3n) is 0.232. The van der Waals surface area contributed by atoms with Crippen LogP contribution >= 0.6 is 0 Å². The predicted molar refractivity (Wildman–Crippen MR) is 10.5 cm³/mol. The molecule has 0 saturated carbocycles. The van der Waals surface area contributed by atoms with E-state index in [0.717, 1.165) is 0 Å². The van der Waals surface area contributed by atoms with E-state index in [4.69, 9.17) is 10.2 Å². The van der Waals surface area contributed by atoms with Gasteiger partial charge in [-0.25, -0.2) is 0 Å². The normalized spacial score (nSPS) is 25.0. The van der Waals surface area contributed by atoms with E-state index in [9.17, 15) is 0 Å². The van der Waals surface area contributed by atoms with Gasteiger partial charge >= 0.3 is 25.0 Å². The summed E-state index contributed by atoms with van der Waals surface area (Å²) in [7, 11) is 0. The van der Waals surface area contributed by atoms with Crippen LogP contribution in [-0.4, -0.2) is 16.4 Å². The minimum atomic E-state index is -2.25. The topological polar surface area (TPSA) is 65.5 Å². The second kappa shape index (κ2) is 1.50. The van der Waals surface area contributed by atoms with E-state index in [1.165, 1.54) is 0 Å². The van der Waals surface area contributed by atoms with Crippen molar-refractivity contribution >= 4 is 0 Å². The number of hydrogen-bond acceptors (Lipinski definition) is 4. The van der Waals surface area contributed by atoms with Gasteiger partial charge in [0.05, 0.1) is 0 Å². The molecule has 2 N–H and O–H groups in total. The molecule has 0 aromatic heterocycles. The van der Waals surface area contributed by atoms with Gasteiger partial charge in [-0.2, -0.15) is 0 Å². The Hall–Kier alpha value is 0.437. The second-order valence-electron chi connectivity index (χ2n) is 0.715. The van der Waals surface area contributed by atoms with Gasteiger partial charge in [-0.15, -0.1) is 9.78 Å². The fourth-order valence-corrected chi connectivity index (χ4v) is 0.0373. The Labute approximate surface area is 47.3 Å². The maximum absolute atomic E-state index is 7.74. The van der Waals surface area contributed by atoms with Gasteiger partial charge in [0.2, 0.25) is 0 Å². The Balaban J connectivity index is 0. The van der Waals surface area contributed by atoms with Crippen molar-refractivity contribution in [2.75, 3.05) is 0 Å². The van der Waals surface area contributed by atoms with E-state index >= 15 is 0 Å². The molecule has 5 heteroatoms. The molecule has 0 aliphatic carbocycles. The second-order valence-corrected chi connectivity index (χ2v) is 0.715. The summed E-state index contributed by atoms with van der Waals surface area (Å²) in [6.07, 6.45) is -2.25. The molecular formula is CH3LiO4. The van der Waals surface area contributed by atoms with Gasteiger partial charge in [-0.3, -0.25) is 0 Å². The van der Waals surface area contributed by atoms with Crippen molar-refractivity contribution in [2.45, 2.75) is 6.16 Å². The Morgan fingerprint density at radius 3 is 1.50 bits per heavy atom. The summed E-state index contributed by atoms with van der Waals surface area (Å²) in [6.45, 7) is 0. The molecule has 0 atom stereocenters. The molecule has 1 heterocycles. The van der Waals surface area contributed by atoms with Gasteiger partial charge < -0.3 is 11.6 Å². The van der Waals surface area contributed by atoms with Crippen LogP contribution in [0.15, 0.2) is 0 Å². The Bertz CT molecular complexity index is 49.7. The van der Waals surface area contributed by atoms with Gasteiger partial charge in [0.15, 0.2) is 0 Å². The molecule has 0 bridgehead atoms. The first-order chi connectivity index (χ1) is 2.21. The summed E-state index contributed by atoms with van der Waals surface area (Å²) in [4.78, 5) is 7.01. The zero-order valence-electron chi connectivity index (χ0n) is 4.21. The van der Waals surface area contributed by atoms with E-state index in [2.05, 4.69) is 9.78 Å². The van der Waals surface area contributed by atoms with Crippen LogP contribution in [0.5, 0.6) is 0 Å². The standard InChI is InChI=1S/CH2O4.Li.H/c2-1(3)4-5-1;;/h2-3H;;/q;+1;-1. The molecular weight excluding hydrogens is 82.9 g/mol. The fraction of sp³-hybridized carbons (Fsp3) is 1.00. The smallest absolute Gasteiger partial charge is 1.00 e. The van der Waals surface area contributed by atoms with Crippen molar-refractivity contribution in [3.05, 3.63) is 0 Å². The van der Waals surface area contributed by atoms with Gasteiger partial charge in [0.1, 0.15) is 0 Å². The van der Waals surface area contributed by atoms with Crippen molar-refractivity contribution < 1.29 is 40.3 Å². The predicted octanol–water partition coefficient (Wildman–Crippen LogP) is -4.34. The minimum absolute atomic E-state index is 0. The molecule has 4 nitrogen and oxygen atoms in total. The molecule has 0 spiro atoms. The molecule has 0 unspecified atom stereocenters. The van der Waals surface area contributed by atoms with Crippen molar-refractivity contribution in [2.24, 2.45) is 0 Å². The summed E-state index contributed by atoms with van der Waals surface area (Å²) >= 11 is 0. The molecule has 1 rings (SSSR count). The van der Waals surface area contributed by atoms with Gasteiger partial charge in [0.25, 0.3) is 0 Å². The average molecular weight is 86.0 g/mol. The summed E-state index contributed by atoms with van der Waals surface area (Å²) in [5.41, 5.74) is 0.